The number of rotatable bonds is 5. The van der Waals surface area contributed by atoms with E-state index in [-0.39, 0.29) is 12.1 Å². The summed E-state index contributed by atoms with van der Waals surface area (Å²) in [4.78, 5) is 11.4. The highest BCUT2D eigenvalue weighted by atomic mass is 16.7. The van der Waals surface area contributed by atoms with Gasteiger partial charge in [0.2, 0.25) is 5.79 Å². The van der Waals surface area contributed by atoms with Crippen molar-refractivity contribution in [2.24, 2.45) is 0 Å². The van der Waals surface area contributed by atoms with E-state index in [1.54, 1.807) is 0 Å². The molecule has 16 heavy (non-hydrogen) atoms. The summed E-state index contributed by atoms with van der Waals surface area (Å²) in [6.45, 7) is 2.00. The van der Waals surface area contributed by atoms with Crippen molar-refractivity contribution in [2.75, 3.05) is 7.11 Å². The van der Waals surface area contributed by atoms with Crippen molar-refractivity contribution < 1.29 is 24.1 Å². The van der Waals surface area contributed by atoms with E-state index < -0.39 is 18.0 Å². The van der Waals surface area contributed by atoms with Crippen LogP contribution in [0.15, 0.2) is 0 Å². The number of aliphatic hydroxyl groups is 1. The maximum Gasteiger partial charge on any atom is 0.340 e. The molecule has 2 heterocycles. The Morgan fingerprint density at radius 1 is 1.69 bits per heavy atom. The standard InChI is InChI=1S/C11H18O5/c1-3-4-7(12)5-11(14-2)6-8-9(15-8)10(13)16-11/h7-9,12H,3-6H2,1-2H3/t7?,8-,9-,11+/m1/s1. The molecule has 0 bridgehead atoms. The van der Waals surface area contributed by atoms with E-state index in [4.69, 9.17) is 14.2 Å². The second-order valence-corrected chi connectivity index (χ2v) is 4.48. The molecule has 0 amide bonds. The van der Waals surface area contributed by atoms with Gasteiger partial charge in [0.25, 0.3) is 0 Å². The minimum Gasteiger partial charge on any atom is -0.431 e. The van der Waals surface area contributed by atoms with Gasteiger partial charge >= 0.3 is 5.97 Å². The second kappa shape index (κ2) is 4.31. The lowest BCUT2D eigenvalue weighted by molar-refractivity contribution is -0.240. The molecule has 2 rings (SSSR count). The molecule has 2 aliphatic rings. The summed E-state index contributed by atoms with van der Waals surface area (Å²) in [5.74, 6) is -1.37. The van der Waals surface area contributed by atoms with Crippen molar-refractivity contribution in [3.63, 3.8) is 0 Å². The van der Waals surface area contributed by atoms with Crippen LogP contribution >= 0.6 is 0 Å². The molecule has 2 aliphatic heterocycles. The van der Waals surface area contributed by atoms with Crippen molar-refractivity contribution in [3.8, 4) is 0 Å². The van der Waals surface area contributed by atoms with E-state index in [0.717, 1.165) is 6.42 Å². The molecule has 92 valence electrons. The molecule has 1 N–H and O–H groups in total. The molecule has 0 aliphatic carbocycles. The maximum atomic E-state index is 11.4. The van der Waals surface area contributed by atoms with Gasteiger partial charge in [-0.05, 0) is 6.42 Å². The molecule has 0 saturated carbocycles. The number of epoxide rings is 1. The monoisotopic (exact) mass is 230 g/mol. The number of hydrogen-bond donors (Lipinski definition) is 1. The highest BCUT2D eigenvalue weighted by Gasteiger charge is 2.58. The van der Waals surface area contributed by atoms with Crippen LogP contribution in [0.4, 0.5) is 0 Å². The fraction of sp³-hybridized carbons (Fsp3) is 0.909. The highest BCUT2D eigenvalue weighted by Crippen LogP contribution is 2.41. The van der Waals surface area contributed by atoms with Crippen molar-refractivity contribution >= 4 is 5.97 Å². The normalized spacial score (nSPS) is 38.8. The number of fused-ring (bicyclic) bond motifs is 1. The Morgan fingerprint density at radius 3 is 3.00 bits per heavy atom. The molecule has 5 nitrogen and oxygen atoms in total. The predicted octanol–water partition coefficient (Wildman–Crippen LogP) is 0.594. The number of carbonyl (C=O) groups excluding carboxylic acids is 1. The number of aliphatic hydroxyl groups excluding tert-OH is 1. The Bertz CT molecular complexity index is 280. The van der Waals surface area contributed by atoms with Gasteiger partial charge < -0.3 is 19.3 Å². The molecule has 5 heteroatoms. The summed E-state index contributed by atoms with van der Waals surface area (Å²) in [6, 6.07) is 0. The van der Waals surface area contributed by atoms with Gasteiger partial charge in [-0.15, -0.1) is 0 Å². The van der Waals surface area contributed by atoms with E-state index in [1.807, 2.05) is 6.92 Å². The molecule has 0 aromatic rings. The van der Waals surface area contributed by atoms with E-state index in [9.17, 15) is 9.90 Å². The lowest BCUT2D eigenvalue weighted by Crippen LogP contribution is -2.46. The van der Waals surface area contributed by atoms with E-state index in [2.05, 4.69) is 0 Å². The van der Waals surface area contributed by atoms with Crippen molar-refractivity contribution in [1.82, 2.24) is 0 Å². The Balaban J connectivity index is 1.98. The Labute approximate surface area is 94.7 Å². The maximum absolute atomic E-state index is 11.4. The third-order valence-electron chi connectivity index (χ3n) is 3.15. The van der Waals surface area contributed by atoms with Crippen LogP contribution in [0.25, 0.3) is 0 Å². The van der Waals surface area contributed by atoms with Gasteiger partial charge in [-0.1, -0.05) is 13.3 Å². The van der Waals surface area contributed by atoms with E-state index >= 15 is 0 Å². The molecule has 0 aromatic carbocycles. The number of methoxy groups -OCH3 is 1. The highest BCUT2D eigenvalue weighted by molar-refractivity contribution is 5.79. The summed E-state index contributed by atoms with van der Waals surface area (Å²) < 4.78 is 15.7. The first-order valence-corrected chi connectivity index (χ1v) is 5.72. The van der Waals surface area contributed by atoms with E-state index in [1.165, 1.54) is 7.11 Å². The first kappa shape index (κ1) is 11.8. The van der Waals surface area contributed by atoms with Crippen LogP contribution in [0, 0.1) is 0 Å². The molecular weight excluding hydrogens is 212 g/mol. The van der Waals surface area contributed by atoms with Crippen molar-refractivity contribution in [3.05, 3.63) is 0 Å². The third kappa shape index (κ3) is 2.21. The molecule has 0 spiro atoms. The summed E-state index contributed by atoms with van der Waals surface area (Å²) in [5.41, 5.74) is 0. The zero-order chi connectivity index (χ0) is 11.8. The topological polar surface area (TPSA) is 68.3 Å². The van der Waals surface area contributed by atoms with Crippen molar-refractivity contribution in [2.45, 2.75) is 56.7 Å². The number of cyclic esters (lactones) is 1. The molecule has 0 aromatic heterocycles. The SMILES string of the molecule is CCCC(O)C[C@@]1(OC)C[C@H]2O[C@H]2C(=O)O1. The van der Waals surface area contributed by atoms with Crippen LogP contribution in [-0.2, 0) is 19.0 Å². The summed E-state index contributed by atoms with van der Waals surface area (Å²) in [5, 5.41) is 9.77. The van der Waals surface area contributed by atoms with Gasteiger partial charge in [-0.2, -0.15) is 0 Å². The Kier molecular flexibility index (Phi) is 3.19. The predicted molar refractivity (Wildman–Crippen MR) is 54.6 cm³/mol. The first-order valence-electron chi connectivity index (χ1n) is 5.72. The van der Waals surface area contributed by atoms with Crippen LogP contribution in [-0.4, -0.2) is 42.3 Å². The number of esters is 1. The largest absolute Gasteiger partial charge is 0.431 e. The van der Waals surface area contributed by atoms with Gasteiger partial charge in [0.15, 0.2) is 6.10 Å². The molecule has 1 unspecified atom stereocenters. The zero-order valence-corrected chi connectivity index (χ0v) is 9.64. The molecule has 2 fully saturated rings. The molecule has 4 atom stereocenters. The van der Waals surface area contributed by atoms with Crippen molar-refractivity contribution in [1.29, 1.82) is 0 Å². The van der Waals surface area contributed by atoms with Gasteiger partial charge in [0, 0.05) is 20.0 Å². The minimum atomic E-state index is -0.997. The van der Waals surface area contributed by atoms with Crippen LogP contribution < -0.4 is 0 Å². The summed E-state index contributed by atoms with van der Waals surface area (Å²) in [7, 11) is 1.49. The molecule has 0 radical (unpaired) electrons. The number of ether oxygens (including phenoxy) is 3. The van der Waals surface area contributed by atoms with E-state index in [0.29, 0.717) is 19.3 Å². The fourth-order valence-electron chi connectivity index (χ4n) is 2.22. The third-order valence-corrected chi connectivity index (χ3v) is 3.15. The lowest BCUT2D eigenvalue weighted by Gasteiger charge is -2.34. The summed E-state index contributed by atoms with van der Waals surface area (Å²) in [6.07, 6.45) is 1.40. The molecular formula is C11H18O5. The van der Waals surface area contributed by atoms with Gasteiger partial charge in [-0.3, -0.25) is 0 Å². The summed E-state index contributed by atoms with van der Waals surface area (Å²) >= 11 is 0. The number of hydrogen-bond acceptors (Lipinski definition) is 5. The zero-order valence-electron chi connectivity index (χ0n) is 9.64. The fourth-order valence-corrected chi connectivity index (χ4v) is 2.22. The second-order valence-electron chi connectivity index (χ2n) is 4.48. The van der Waals surface area contributed by atoms with Crippen LogP contribution in [0.1, 0.15) is 32.6 Å². The average molecular weight is 230 g/mol. The Hall–Kier alpha value is -0.650. The smallest absolute Gasteiger partial charge is 0.340 e. The van der Waals surface area contributed by atoms with Crippen LogP contribution in [0.5, 0.6) is 0 Å². The quantitative estimate of drug-likeness (QED) is 0.553. The number of carbonyl (C=O) groups is 1. The van der Waals surface area contributed by atoms with Gasteiger partial charge in [-0.25, -0.2) is 4.79 Å². The van der Waals surface area contributed by atoms with Crippen LogP contribution in [0.3, 0.4) is 0 Å². The lowest BCUT2D eigenvalue weighted by atomic mass is 9.97. The molecule has 2 saturated heterocycles. The average Bonchev–Trinajstić information content (AvgIpc) is 2.97. The van der Waals surface area contributed by atoms with Crippen LogP contribution in [0.2, 0.25) is 0 Å². The Morgan fingerprint density at radius 2 is 2.44 bits per heavy atom. The minimum absolute atomic E-state index is 0.0879. The van der Waals surface area contributed by atoms with Gasteiger partial charge in [0.05, 0.1) is 6.10 Å². The van der Waals surface area contributed by atoms with Gasteiger partial charge in [0.1, 0.15) is 6.10 Å². The first-order chi connectivity index (χ1) is 7.60.